The van der Waals surface area contributed by atoms with Gasteiger partial charge in [0.2, 0.25) is 0 Å². The Labute approximate surface area is 103 Å². The van der Waals surface area contributed by atoms with Gasteiger partial charge in [0.1, 0.15) is 17.8 Å². The SMILES string of the molecule is C=CCOC(=O)C1(C(C)CCC)CCCC1=O. The van der Waals surface area contributed by atoms with Gasteiger partial charge >= 0.3 is 5.97 Å². The fraction of sp³-hybridized carbons (Fsp3) is 0.714. The summed E-state index contributed by atoms with van der Waals surface area (Å²) in [6.07, 6.45) is 5.35. The average molecular weight is 238 g/mol. The van der Waals surface area contributed by atoms with Gasteiger partial charge in [-0.25, -0.2) is 0 Å². The Balaban J connectivity index is 2.89. The number of ketones is 1. The summed E-state index contributed by atoms with van der Waals surface area (Å²) in [6.45, 7) is 7.76. The first-order chi connectivity index (χ1) is 8.09. The molecule has 0 N–H and O–H groups in total. The quantitative estimate of drug-likeness (QED) is 0.406. The van der Waals surface area contributed by atoms with Gasteiger partial charge in [0, 0.05) is 6.42 Å². The summed E-state index contributed by atoms with van der Waals surface area (Å²) in [7, 11) is 0. The monoisotopic (exact) mass is 238 g/mol. The van der Waals surface area contributed by atoms with Crippen molar-refractivity contribution in [2.24, 2.45) is 11.3 Å². The molecule has 1 aliphatic carbocycles. The third kappa shape index (κ3) is 2.59. The molecule has 0 aromatic rings. The summed E-state index contributed by atoms with van der Waals surface area (Å²) in [5.41, 5.74) is -0.876. The predicted molar refractivity (Wildman–Crippen MR) is 66.5 cm³/mol. The lowest BCUT2D eigenvalue weighted by molar-refractivity contribution is -0.161. The first-order valence-electron chi connectivity index (χ1n) is 6.41. The van der Waals surface area contributed by atoms with Crippen LogP contribution in [0.5, 0.6) is 0 Å². The Morgan fingerprint density at radius 2 is 2.35 bits per heavy atom. The van der Waals surface area contributed by atoms with E-state index in [2.05, 4.69) is 13.5 Å². The van der Waals surface area contributed by atoms with Crippen molar-refractivity contribution in [3.05, 3.63) is 12.7 Å². The molecule has 1 saturated carbocycles. The largest absolute Gasteiger partial charge is 0.461 e. The Kier molecular flexibility index (Phi) is 4.91. The van der Waals surface area contributed by atoms with Crippen molar-refractivity contribution < 1.29 is 14.3 Å². The number of hydrogen-bond acceptors (Lipinski definition) is 3. The topological polar surface area (TPSA) is 43.4 Å². The molecule has 0 aromatic heterocycles. The minimum absolute atomic E-state index is 0.0625. The average Bonchev–Trinajstić information content (AvgIpc) is 2.69. The molecule has 1 fully saturated rings. The standard InChI is InChI=1S/C14H22O3/c1-4-7-11(3)14(9-6-8-12(14)15)13(16)17-10-5-2/h5,11H,2,4,6-10H2,1,3H3. The first-order valence-corrected chi connectivity index (χ1v) is 6.41. The molecular formula is C14H22O3. The molecule has 0 spiro atoms. The van der Waals surface area contributed by atoms with E-state index in [1.54, 1.807) is 0 Å². The van der Waals surface area contributed by atoms with Gasteiger partial charge in [0.25, 0.3) is 0 Å². The maximum absolute atomic E-state index is 12.2. The second kappa shape index (κ2) is 5.99. The minimum Gasteiger partial charge on any atom is -0.461 e. The van der Waals surface area contributed by atoms with E-state index in [-0.39, 0.29) is 24.3 Å². The fourth-order valence-electron chi connectivity index (χ4n) is 2.77. The van der Waals surface area contributed by atoms with E-state index in [4.69, 9.17) is 4.74 Å². The Morgan fingerprint density at radius 1 is 1.65 bits per heavy atom. The van der Waals surface area contributed by atoms with Crippen LogP contribution in [0.25, 0.3) is 0 Å². The molecule has 17 heavy (non-hydrogen) atoms. The van der Waals surface area contributed by atoms with Gasteiger partial charge in [0.15, 0.2) is 0 Å². The molecule has 0 saturated heterocycles. The van der Waals surface area contributed by atoms with E-state index in [0.717, 1.165) is 19.3 Å². The minimum atomic E-state index is -0.876. The molecule has 3 nitrogen and oxygen atoms in total. The maximum Gasteiger partial charge on any atom is 0.320 e. The Morgan fingerprint density at radius 3 is 2.82 bits per heavy atom. The zero-order chi connectivity index (χ0) is 12.9. The van der Waals surface area contributed by atoms with Crippen molar-refractivity contribution in [2.75, 3.05) is 6.61 Å². The molecule has 0 aromatic carbocycles. The number of rotatable bonds is 6. The summed E-state index contributed by atoms with van der Waals surface area (Å²) in [6, 6.07) is 0. The number of hydrogen-bond donors (Lipinski definition) is 0. The van der Waals surface area contributed by atoms with Gasteiger partial charge in [-0.1, -0.05) is 32.9 Å². The number of carbonyl (C=O) groups is 2. The molecule has 0 radical (unpaired) electrons. The highest BCUT2D eigenvalue weighted by atomic mass is 16.5. The van der Waals surface area contributed by atoms with Crippen LogP contribution in [0.3, 0.4) is 0 Å². The summed E-state index contributed by atoms with van der Waals surface area (Å²) >= 11 is 0. The normalized spacial score (nSPS) is 25.6. The van der Waals surface area contributed by atoms with Gasteiger partial charge in [-0.15, -0.1) is 0 Å². The highest BCUT2D eigenvalue weighted by molar-refractivity contribution is 6.05. The molecule has 0 bridgehead atoms. The smallest absolute Gasteiger partial charge is 0.320 e. The molecule has 1 rings (SSSR count). The van der Waals surface area contributed by atoms with Crippen LogP contribution in [0.15, 0.2) is 12.7 Å². The van der Waals surface area contributed by atoms with Crippen LogP contribution in [-0.2, 0) is 14.3 Å². The summed E-state index contributed by atoms with van der Waals surface area (Å²) in [4.78, 5) is 24.3. The van der Waals surface area contributed by atoms with E-state index in [9.17, 15) is 9.59 Å². The summed E-state index contributed by atoms with van der Waals surface area (Å²) < 4.78 is 5.14. The van der Waals surface area contributed by atoms with Gasteiger partial charge in [-0.3, -0.25) is 9.59 Å². The van der Waals surface area contributed by atoms with Crippen LogP contribution in [0.1, 0.15) is 46.0 Å². The van der Waals surface area contributed by atoms with Crippen LogP contribution in [-0.4, -0.2) is 18.4 Å². The number of esters is 1. The van der Waals surface area contributed by atoms with Crippen molar-refractivity contribution in [1.29, 1.82) is 0 Å². The maximum atomic E-state index is 12.2. The first kappa shape index (κ1) is 13.9. The van der Waals surface area contributed by atoms with E-state index in [0.29, 0.717) is 12.8 Å². The lowest BCUT2D eigenvalue weighted by Crippen LogP contribution is -2.42. The molecule has 3 heteroatoms. The van der Waals surface area contributed by atoms with Crippen LogP contribution >= 0.6 is 0 Å². The fourth-order valence-corrected chi connectivity index (χ4v) is 2.77. The second-order valence-corrected chi connectivity index (χ2v) is 4.82. The molecule has 0 heterocycles. The molecule has 96 valence electrons. The third-order valence-electron chi connectivity index (χ3n) is 3.73. The zero-order valence-electron chi connectivity index (χ0n) is 10.8. The van der Waals surface area contributed by atoms with Crippen molar-refractivity contribution >= 4 is 11.8 Å². The molecular weight excluding hydrogens is 216 g/mol. The second-order valence-electron chi connectivity index (χ2n) is 4.82. The van der Waals surface area contributed by atoms with Crippen molar-refractivity contribution in [3.63, 3.8) is 0 Å². The van der Waals surface area contributed by atoms with E-state index >= 15 is 0 Å². The molecule has 2 unspecified atom stereocenters. The molecule has 0 aliphatic heterocycles. The van der Waals surface area contributed by atoms with Crippen molar-refractivity contribution in [3.8, 4) is 0 Å². The molecule has 2 atom stereocenters. The lowest BCUT2D eigenvalue weighted by Gasteiger charge is -2.31. The lowest BCUT2D eigenvalue weighted by atomic mass is 9.72. The van der Waals surface area contributed by atoms with Crippen molar-refractivity contribution in [2.45, 2.75) is 46.0 Å². The highest BCUT2D eigenvalue weighted by Crippen LogP contribution is 2.44. The Bertz CT molecular complexity index is 309. The molecule has 0 amide bonds. The van der Waals surface area contributed by atoms with Gasteiger partial charge in [-0.2, -0.15) is 0 Å². The Hall–Kier alpha value is -1.12. The summed E-state index contributed by atoms with van der Waals surface area (Å²) in [5.74, 6) is -0.215. The van der Waals surface area contributed by atoms with E-state index < -0.39 is 5.41 Å². The summed E-state index contributed by atoms with van der Waals surface area (Å²) in [5, 5.41) is 0. The van der Waals surface area contributed by atoms with E-state index in [1.165, 1.54) is 6.08 Å². The van der Waals surface area contributed by atoms with Crippen LogP contribution in [0.4, 0.5) is 0 Å². The van der Waals surface area contributed by atoms with E-state index in [1.807, 2.05) is 6.92 Å². The number of carbonyl (C=O) groups excluding carboxylic acids is 2. The van der Waals surface area contributed by atoms with Gasteiger partial charge in [-0.05, 0) is 25.2 Å². The van der Waals surface area contributed by atoms with Gasteiger partial charge < -0.3 is 4.74 Å². The van der Waals surface area contributed by atoms with Gasteiger partial charge in [0.05, 0.1) is 0 Å². The van der Waals surface area contributed by atoms with Crippen LogP contribution in [0.2, 0.25) is 0 Å². The third-order valence-corrected chi connectivity index (χ3v) is 3.73. The molecule has 1 aliphatic rings. The number of ether oxygens (including phenoxy) is 1. The van der Waals surface area contributed by atoms with Crippen LogP contribution < -0.4 is 0 Å². The zero-order valence-corrected chi connectivity index (χ0v) is 10.8. The van der Waals surface area contributed by atoms with Crippen LogP contribution in [0, 0.1) is 11.3 Å². The predicted octanol–water partition coefficient (Wildman–Crippen LogP) is 2.89. The highest BCUT2D eigenvalue weighted by Gasteiger charge is 2.53. The number of Topliss-reactive ketones (excluding diaryl/α,β-unsaturated/α-hetero) is 1. The van der Waals surface area contributed by atoms with Crippen molar-refractivity contribution in [1.82, 2.24) is 0 Å².